The average molecular weight is 322 g/mol. The van der Waals surface area contributed by atoms with E-state index < -0.39 is 9.84 Å². The lowest BCUT2D eigenvalue weighted by Crippen LogP contribution is -2.04. The first-order valence-electron chi connectivity index (χ1n) is 4.88. The van der Waals surface area contributed by atoms with Crippen LogP contribution in [0.1, 0.15) is 0 Å². The van der Waals surface area contributed by atoms with Crippen molar-refractivity contribution < 1.29 is 8.42 Å². The van der Waals surface area contributed by atoms with Crippen molar-refractivity contribution in [2.45, 2.75) is 9.79 Å². The molecule has 18 heavy (non-hydrogen) atoms. The van der Waals surface area contributed by atoms with E-state index in [1.54, 1.807) is 18.2 Å². The minimum atomic E-state index is -3.83. The van der Waals surface area contributed by atoms with Crippen LogP contribution >= 0.6 is 34.8 Å². The molecule has 0 atom stereocenters. The molecule has 0 bridgehead atoms. The number of halogens is 3. The van der Waals surface area contributed by atoms with Crippen LogP contribution in [-0.2, 0) is 9.84 Å². The highest BCUT2D eigenvalue weighted by Crippen LogP contribution is 2.35. The monoisotopic (exact) mass is 320 g/mol. The van der Waals surface area contributed by atoms with Gasteiger partial charge in [-0.3, -0.25) is 0 Å². The van der Waals surface area contributed by atoms with Gasteiger partial charge in [-0.2, -0.15) is 0 Å². The Kier molecular flexibility index (Phi) is 3.87. The van der Waals surface area contributed by atoms with Crippen LogP contribution in [0.25, 0.3) is 0 Å². The lowest BCUT2D eigenvalue weighted by molar-refractivity contribution is 0.596. The number of sulfone groups is 1. The van der Waals surface area contributed by atoms with Crippen molar-refractivity contribution in [3.05, 3.63) is 57.5 Å². The predicted octanol–water partition coefficient (Wildman–Crippen LogP) is 4.48. The van der Waals surface area contributed by atoms with Crippen LogP contribution in [0, 0.1) is 0 Å². The summed E-state index contributed by atoms with van der Waals surface area (Å²) in [5.74, 6) is 0. The van der Waals surface area contributed by atoms with E-state index >= 15 is 0 Å². The minimum absolute atomic E-state index is 0.0123. The molecule has 2 nitrogen and oxygen atoms in total. The molecule has 94 valence electrons. The largest absolute Gasteiger partial charge is 0.218 e. The van der Waals surface area contributed by atoms with Gasteiger partial charge in [0.05, 0.1) is 20.0 Å². The van der Waals surface area contributed by atoms with Crippen LogP contribution in [0.3, 0.4) is 0 Å². The minimum Gasteiger partial charge on any atom is -0.218 e. The zero-order valence-electron chi connectivity index (χ0n) is 8.90. The molecule has 2 rings (SSSR count). The van der Waals surface area contributed by atoms with Gasteiger partial charge in [0.15, 0.2) is 0 Å². The second-order valence-corrected chi connectivity index (χ2v) is 6.56. The predicted molar refractivity (Wildman–Crippen MR) is 73.4 cm³/mol. The van der Waals surface area contributed by atoms with Crippen LogP contribution in [0.5, 0.6) is 0 Å². The highest BCUT2D eigenvalue weighted by molar-refractivity contribution is 7.91. The summed E-state index contributed by atoms with van der Waals surface area (Å²) in [6.45, 7) is 0. The van der Waals surface area contributed by atoms with Crippen molar-refractivity contribution in [3.8, 4) is 0 Å². The van der Waals surface area contributed by atoms with Crippen molar-refractivity contribution in [1.82, 2.24) is 0 Å². The maximum atomic E-state index is 12.4. The lowest BCUT2D eigenvalue weighted by Gasteiger charge is -2.09. The molecule has 6 heteroatoms. The Hall–Kier alpha value is -0.740. The average Bonchev–Trinajstić information content (AvgIpc) is 2.28. The maximum absolute atomic E-state index is 12.4. The summed E-state index contributed by atoms with van der Waals surface area (Å²) in [5, 5.41) is 0.276. The van der Waals surface area contributed by atoms with Crippen LogP contribution < -0.4 is 0 Å². The molecule has 0 radical (unpaired) electrons. The topological polar surface area (TPSA) is 34.1 Å². The molecule has 0 unspecified atom stereocenters. The summed E-state index contributed by atoms with van der Waals surface area (Å²) in [4.78, 5) is -0.136. The van der Waals surface area contributed by atoms with E-state index in [0.717, 1.165) is 0 Å². The number of rotatable bonds is 2. The molecule has 0 aromatic heterocycles. The van der Waals surface area contributed by atoms with Gasteiger partial charge in [0, 0.05) is 0 Å². The third-order valence-electron chi connectivity index (χ3n) is 2.31. The third-order valence-corrected chi connectivity index (χ3v) is 5.52. The molecule has 0 aliphatic carbocycles. The first-order valence-corrected chi connectivity index (χ1v) is 7.50. The third kappa shape index (κ3) is 2.36. The Morgan fingerprint density at radius 2 is 1.22 bits per heavy atom. The zero-order chi connectivity index (χ0) is 13.3. The fraction of sp³-hybridized carbons (Fsp3) is 0. The van der Waals surface area contributed by atoms with Gasteiger partial charge in [-0.05, 0) is 24.3 Å². The first-order chi connectivity index (χ1) is 8.44. The van der Waals surface area contributed by atoms with Gasteiger partial charge in [0.1, 0.15) is 4.90 Å². The van der Waals surface area contributed by atoms with Crippen LogP contribution in [0.15, 0.2) is 52.3 Å². The maximum Gasteiger partial charge on any atom is 0.211 e. The van der Waals surface area contributed by atoms with Crippen LogP contribution in [0.4, 0.5) is 0 Å². The Labute approximate surface area is 120 Å². The summed E-state index contributed by atoms with van der Waals surface area (Å²) in [6.07, 6.45) is 0. The zero-order valence-corrected chi connectivity index (χ0v) is 12.0. The van der Waals surface area contributed by atoms with E-state index in [9.17, 15) is 8.42 Å². The molecule has 0 amide bonds. The van der Waals surface area contributed by atoms with Crippen molar-refractivity contribution in [1.29, 1.82) is 0 Å². The van der Waals surface area contributed by atoms with Gasteiger partial charge < -0.3 is 0 Å². The second kappa shape index (κ2) is 5.10. The van der Waals surface area contributed by atoms with Crippen molar-refractivity contribution in [2.75, 3.05) is 0 Å². The lowest BCUT2D eigenvalue weighted by atomic mass is 10.4. The summed E-state index contributed by atoms with van der Waals surface area (Å²) < 4.78 is 24.9. The Morgan fingerprint density at radius 1 is 0.722 bits per heavy atom. The van der Waals surface area contributed by atoms with Crippen molar-refractivity contribution in [3.63, 3.8) is 0 Å². The van der Waals surface area contributed by atoms with Crippen molar-refractivity contribution >= 4 is 44.6 Å². The molecule has 0 spiro atoms. The van der Waals surface area contributed by atoms with E-state index in [4.69, 9.17) is 34.8 Å². The van der Waals surface area contributed by atoms with Gasteiger partial charge in [-0.25, -0.2) is 8.42 Å². The molecule has 0 aliphatic rings. The molecule has 0 saturated heterocycles. The summed E-state index contributed by atoms with van der Waals surface area (Å²) in [6, 6.07) is 10.7. The summed E-state index contributed by atoms with van der Waals surface area (Å²) in [7, 11) is -3.83. The smallest absolute Gasteiger partial charge is 0.211 e. The molecule has 0 heterocycles. The van der Waals surface area contributed by atoms with Gasteiger partial charge in [-0.1, -0.05) is 53.0 Å². The van der Waals surface area contributed by atoms with E-state index in [0.29, 0.717) is 0 Å². The van der Waals surface area contributed by atoms with Gasteiger partial charge in [-0.15, -0.1) is 0 Å². The quantitative estimate of drug-likeness (QED) is 0.817. The Balaban J connectivity index is 2.75. The molecular weight excluding hydrogens is 315 g/mol. The van der Waals surface area contributed by atoms with Crippen LogP contribution in [0.2, 0.25) is 15.1 Å². The summed E-state index contributed by atoms with van der Waals surface area (Å²) in [5.41, 5.74) is 0. The Bertz CT molecular complexity index is 676. The second-order valence-electron chi connectivity index (χ2n) is 3.48. The summed E-state index contributed by atoms with van der Waals surface area (Å²) >= 11 is 17.7. The van der Waals surface area contributed by atoms with E-state index in [2.05, 4.69) is 0 Å². The molecule has 2 aromatic carbocycles. The SMILES string of the molecule is O=S(=O)(c1ccccc1Cl)c1c(Cl)cccc1Cl. The standard InChI is InChI=1S/C12H7Cl3O2S/c13-8-4-1-2-7-11(8)18(16,17)12-9(14)5-3-6-10(12)15/h1-7H. The number of benzene rings is 2. The van der Waals surface area contributed by atoms with Gasteiger partial charge in [0.25, 0.3) is 0 Å². The Morgan fingerprint density at radius 3 is 1.78 bits per heavy atom. The molecule has 0 N–H and O–H groups in total. The van der Waals surface area contributed by atoms with Crippen LogP contribution in [-0.4, -0.2) is 8.42 Å². The van der Waals surface area contributed by atoms with Gasteiger partial charge in [0.2, 0.25) is 9.84 Å². The molecule has 0 saturated carbocycles. The fourth-order valence-corrected chi connectivity index (χ4v) is 4.41. The van der Waals surface area contributed by atoms with E-state index in [1.165, 1.54) is 24.3 Å². The molecule has 2 aromatic rings. The first kappa shape index (κ1) is 13.7. The number of hydrogen-bond acceptors (Lipinski definition) is 2. The highest BCUT2D eigenvalue weighted by Gasteiger charge is 2.25. The van der Waals surface area contributed by atoms with E-state index in [-0.39, 0.29) is 24.9 Å². The molecule has 0 fully saturated rings. The van der Waals surface area contributed by atoms with E-state index in [1.807, 2.05) is 0 Å². The van der Waals surface area contributed by atoms with Gasteiger partial charge >= 0.3 is 0 Å². The molecule has 0 aliphatic heterocycles. The normalized spacial score (nSPS) is 11.5. The molecular formula is C12H7Cl3O2S. The highest BCUT2D eigenvalue weighted by atomic mass is 35.5. The fourth-order valence-electron chi connectivity index (χ4n) is 1.51. The van der Waals surface area contributed by atoms with Crippen molar-refractivity contribution in [2.24, 2.45) is 0 Å². The number of hydrogen-bond donors (Lipinski definition) is 0.